The van der Waals surface area contributed by atoms with Crippen molar-refractivity contribution in [3.63, 3.8) is 0 Å². The van der Waals surface area contributed by atoms with Crippen LogP contribution in [0.2, 0.25) is 0 Å². The van der Waals surface area contributed by atoms with Crippen LogP contribution in [0.3, 0.4) is 0 Å². The number of methoxy groups -OCH3 is 1. The highest BCUT2D eigenvalue weighted by Gasteiger charge is 2.42. The van der Waals surface area contributed by atoms with Crippen molar-refractivity contribution in [3.05, 3.63) is 0 Å². The lowest BCUT2D eigenvalue weighted by Gasteiger charge is -2.31. The van der Waals surface area contributed by atoms with Gasteiger partial charge in [0.15, 0.2) is 0 Å². The predicted octanol–water partition coefficient (Wildman–Crippen LogP) is 2.23. The summed E-state index contributed by atoms with van der Waals surface area (Å²) in [7, 11) is 1.50. The molecule has 2 nitrogen and oxygen atoms in total. The van der Waals surface area contributed by atoms with Gasteiger partial charge in [-0.15, -0.1) is 0 Å². The molecule has 0 amide bonds. The Bertz CT molecular complexity index is 198. The molecule has 2 aliphatic rings. The van der Waals surface area contributed by atoms with Crippen molar-refractivity contribution in [2.24, 2.45) is 23.7 Å². The molecule has 2 saturated carbocycles. The van der Waals surface area contributed by atoms with Crippen molar-refractivity contribution >= 4 is 5.97 Å². The fourth-order valence-electron chi connectivity index (χ4n) is 3.19. The van der Waals surface area contributed by atoms with E-state index in [2.05, 4.69) is 6.92 Å². The summed E-state index contributed by atoms with van der Waals surface area (Å²) in [6, 6.07) is 0. The average Bonchev–Trinajstić information content (AvgIpc) is 2.42. The SMILES string of the molecule is COC(=O)C1CC2CCC(C1)C2C. The van der Waals surface area contributed by atoms with Gasteiger partial charge in [-0.25, -0.2) is 0 Å². The fourth-order valence-corrected chi connectivity index (χ4v) is 3.19. The van der Waals surface area contributed by atoms with Gasteiger partial charge in [0.05, 0.1) is 13.0 Å². The van der Waals surface area contributed by atoms with Crippen LogP contribution in [0.15, 0.2) is 0 Å². The second-order valence-electron chi connectivity index (χ2n) is 4.65. The van der Waals surface area contributed by atoms with Crippen LogP contribution in [-0.2, 0) is 9.53 Å². The normalized spacial score (nSPS) is 43.2. The van der Waals surface area contributed by atoms with E-state index in [4.69, 9.17) is 4.74 Å². The molecule has 2 bridgehead atoms. The first-order valence-corrected chi connectivity index (χ1v) is 5.30. The zero-order valence-electron chi connectivity index (χ0n) is 8.45. The van der Waals surface area contributed by atoms with Crippen LogP contribution in [0.4, 0.5) is 0 Å². The van der Waals surface area contributed by atoms with Crippen LogP contribution in [0.25, 0.3) is 0 Å². The Morgan fingerprint density at radius 2 is 1.77 bits per heavy atom. The van der Waals surface area contributed by atoms with Crippen LogP contribution < -0.4 is 0 Å². The molecule has 2 heteroatoms. The number of carbonyl (C=O) groups is 1. The lowest BCUT2D eigenvalue weighted by molar-refractivity contribution is -0.147. The summed E-state index contributed by atoms with van der Waals surface area (Å²) >= 11 is 0. The summed E-state index contributed by atoms with van der Waals surface area (Å²) in [6.07, 6.45) is 4.81. The van der Waals surface area contributed by atoms with E-state index in [0.717, 1.165) is 30.6 Å². The molecule has 0 aromatic rings. The Balaban J connectivity index is 2.02. The molecular weight excluding hydrogens is 164 g/mol. The lowest BCUT2D eigenvalue weighted by atomic mass is 9.74. The summed E-state index contributed by atoms with van der Waals surface area (Å²) in [5.41, 5.74) is 0. The highest BCUT2D eigenvalue weighted by Crippen LogP contribution is 2.48. The Kier molecular flexibility index (Phi) is 2.31. The van der Waals surface area contributed by atoms with Crippen LogP contribution in [0.1, 0.15) is 32.6 Å². The lowest BCUT2D eigenvalue weighted by Crippen LogP contribution is -2.29. The number of carbonyl (C=O) groups excluding carboxylic acids is 1. The number of hydrogen-bond donors (Lipinski definition) is 0. The summed E-state index contributed by atoms with van der Waals surface area (Å²) in [4.78, 5) is 11.4. The molecule has 2 fully saturated rings. The smallest absolute Gasteiger partial charge is 0.308 e. The monoisotopic (exact) mass is 182 g/mol. The minimum atomic E-state index is 0.0174. The average molecular weight is 182 g/mol. The van der Waals surface area contributed by atoms with Crippen molar-refractivity contribution in [2.75, 3.05) is 7.11 Å². The summed E-state index contributed by atoms with van der Waals surface area (Å²) in [5, 5.41) is 0. The molecule has 13 heavy (non-hydrogen) atoms. The molecule has 0 saturated heterocycles. The van der Waals surface area contributed by atoms with Gasteiger partial charge in [0.1, 0.15) is 0 Å². The zero-order chi connectivity index (χ0) is 9.42. The first kappa shape index (κ1) is 9.04. The molecule has 2 aliphatic carbocycles. The van der Waals surface area contributed by atoms with E-state index < -0.39 is 0 Å². The topological polar surface area (TPSA) is 26.3 Å². The van der Waals surface area contributed by atoms with Crippen molar-refractivity contribution < 1.29 is 9.53 Å². The highest BCUT2D eigenvalue weighted by atomic mass is 16.5. The molecule has 2 unspecified atom stereocenters. The second-order valence-corrected chi connectivity index (χ2v) is 4.65. The van der Waals surface area contributed by atoms with Crippen molar-refractivity contribution in [1.82, 2.24) is 0 Å². The minimum absolute atomic E-state index is 0.0174. The third-order valence-electron chi connectivity index (χ3n) is 4.10. The number of esters is 1. The van der Waals surface area contributed by atoms with Gasteiger partial charge >= 0.3 is 5.97 Å². The first-order valence-electron chi connectivity index (χ1n) is 5.30. The standard InChI is InChI=1S/C11H18O2/c1-7-8-3-4-9(7)6-10(5-8)11(12)13-2/h7-10H,3-6H2,1-2H3. The first-order chi connectivity index (χ1) is 6.22. The van der Waals surface area contributed by atoms with Gasteiger partial charge in [0.2, 0.25) is 0 Å². The number of fused-ring (bicyclic) bond motifs is 2. The predicted molar refractivity (Wildman–Crippen MR) is 50.1 cm³/mol. The Hall–Kier alpha value is -0.530. The van der Waals surface area contributed by atoms with Gasteiger partial charge in [0, 0.05) is 0 Å². The van der Waals surface area contributed by atoms with Gasteiger partial charge in [0.25, 0.3) is 0 Å². The van der Waals surface area contributed by atoms with E-state index in [-0.39, 0.29) is 11.9 Å². The van der Waals surface area contributed by atoms with E-state index in [1.165, 1.54) is 20.0 Å². The van der Waals surface area contributed by atoms with Gasteiger partial charge < -0.3 is 4.74 Å². The van der Waals surface area contributed by atoms with Gasteiger partial charge in [-0.2, -0.15) is 0 Å². The van der Waals surface area contributed by atoms with Crippen LogP contribution >= 0.6 is 0 Å². The van der Waals surface area contributed by atoms with E-state index in [0.29, 0.717) is 0 Å². The van der Waals surface area contributed by atoms with Gasteiger partial charge in [-0.05, 0) is 43.4 Å². The quantitative estimate of drug-likeness (QED) is 0.581. The molecule has 0 aromatic carbocycles. The highest BCUT2D eigenvalue weighted by molar-refractivity contribution is 5.72. The molecule has 0 radical (unpaired) electrons. The van der Waals surface area contributed by atoms with E-state index in [1.54, 1.807) is 0 Å². The zero-order valence-corrected chi connectivity index (χ0v) is 8.45. The minimum Gasteiger partial charge on any atom is -0.469 e. The van der Waals surface area contributed by atoms with Crippen molar-refractivity contribution in [2.45, 2.75) is 32.6 Å². The molecular formula is C11H18O2. The maximum Gasteiger partial charge on any atom is 0.308 e. The van der Waals surface area contributed by atoms with Crippen molar-refractivity contribution in [1.29, 1.82) is 0 Å². The molecule has 74 valence electrons. The molecule has 0 aliphatic heterocycles. The maximum atomic E-state index is 11.4. The largest absolute Gasteiger partial charge is 0.469 e. The molecule has 0 heterocycles. The summed E-state index contributed by atoms with van der Waals surface area (Å²) in [5.74, 6) is 2.66. The Labute approximate surface area is 79.7 Å². The summed E-state index contributed by atoms with van der Waals surface area (Å²) in [6.45, 7) is 2.34. The third-order valence-corrected chi connectivity index (χ3v) is 4.10. The van der Waals surface area contributed by atoms with Crippen LogP contribution in [0, 0.1) is 23.7 Å². The molecule has 0 spiro atoms. The molecule has 2 atom stereocenters. The van der Waals surface area contributed by atoms with E-state index in [1.807, 2.05) is 0 Å². The molecule has 2 rings (SSSR count). The summed E-state index contributed by atoms with van der Waals surface area (Å²) < 4.78 is 4.81. The second kappa shape index (κ2) is 3.32. The number of rotatable bonds is 1. The van der Waals surface area contributed by atoms with Gasteiger partial charge in [-0.3, -0.25) is 4.79 Å². The van der Waals surface area contributed by atoms with Crippen molar-refractivity contribution in [3.8, 4) is 0 Å². The Morgan fingerprint density at radius 3 is 2.23 bits per heavy atom. The van der Waals surface area contributed by atoms with Crippen LogP contribution in [-0.4, -0.2) is 13.1 Å². The molecule has 0 aromatic heterocycles. The van der Waals surface area contributed by atoms with E-state index in [9.17, 15) is 4.79 Å². The maximum absolute atomic E-state index is 11.4. The third kappa shape index (κ3) is 1.47. The van der Waals surface area contributed by atoms with E-state index >= 15 is 0 Å². The number of ether oxygens (including phenoxy) is 1. The van der Waals surface area contributed by atoms with Gasteiger partial charge in [-0.1, -0.05) is 6.92 Å². The van der Waals surface area contributed by atoms with Crippen LogP contribution in [0.5, 0.6) is 0 Å². The molecule has 0 N–H and O–H groups in total. The Morgan fingerprint density at radius 1 is 1.23 bits per heavy atom. The number of hydrogen-bond acceptors (Lipinski definition) is 2. The fraction of sp³-hybridized carbons (Fsp3) is 0.909.